The predicted molar refractivity (Wildman–Crippen MR) is 105 cm³/mol. The van der Waals surface area contributed by atoms with Gasteiger partial charge in [0.1, 0.15) is 23.1 Å². The van der Waals surface area contributed by atoms with E-state index in [9.17, 15) is 20.2 Å². The Morgan fingerprint density at radius 3 is 2.72 bits per heavy atom. The number of nitro groups is 1. The summed E-state index contributed by atoms with van der Waals surface area (Å²) in [5, 5.41) is 21.4. The summed E-state index contributed by atoms with van der Waals surface area (Å²) >= 11 is 0. The van der Waals surface area contributed by atoms with Crippen molar-refractivity contribution in [3.8, 4) is 6.07 Å². The van der Waals surface area contributed by atoms with Crippen LogP contribution < -0.4 is 10.6 Å². The third kappa shape index (κ3) is 3.74. The first-order chi connectivity index (χ1) is 13.9. The fraction of sp³-hybridized carbons (Fsp3) is 0.400. The van der Waals surface area contributed by atoms with Gasteiger partial charge in [0, 0.05) is 19.2 Å². The second-order valence-electron chi connectivity index (χ2n) is 6.81. The summed E-state index contributed by atoms with van der Waals surface area (Å²) in [6.45, 7) is 4.85. The molecule has 0 aromatic heterocycles. The lowest BCUT2D eigenvalue weighted by molar-refractivity contribution is -0.384. The summed E-state index contributed by atoms with van der Waals surface area (Å²) < 4.78 is 10.5. The van der Waals surface area contributed by atoms with Crippen molar-refractivity contribution in [2.75, 3.05) is 24.6 Å². The molecule has 1 saturated heterocycles. The zero-order chi connectivity index (χ0) is 21.1. The van der Waals surface area contributed by atoms with E-state index in [4.69, 9.17) is 15.2 Å². The van der Waals surface area contributed by atoms with E-state index in [0.29, 0.717) is 11.3 Å². The van der Waals surface area contributed by atoms with Crippen molar-refractivity contribution < 1.29 is 19.2 Å². The largest absolute Gasteiger partial charge is 0.463 e. The van der Waals surface area contributed by atoms with Crippen LogP contribution in [0.4, 0.5) is 11.4 Å². The third-order valence-corrected chi connectivity index (χ3v) is 5.08. The van der Waals surface area contributed by atoms with Crippen molar-refractivity contribution in [1.29, 1.82) is 5.26 Å². The second kappa shape index (κ2) is 8.22. The lowest BCUT2D eigenvalue weighted by atomic mass is 9.82. The van der Waals surface area contributed by atoms with Crippen LogP contribution in [0.15, 0.2) is 41.0 Å². The Morgan fingerprint density at radius 1 is 1.45 bits per heavy atom. The van der Waals surface area contributed by atoms with Crippen LogP contribution in [0.5, 0.6) is 0 Å². The Kier molecular flexibility index (Phi) is 5.73. The number of carbonyl (C=O) groups excluding carboxylic acids is 1. The lowest BCUT2D eigenvalue weighted by Gasteiger charge is -2.27. The predicted octanol–water partition coefficient (Wildman–Crippen LogP) is 2.84. The minimum atomic E-state index is -0.904. The monoisotopic (exact) mass is 398 g/mol. The van der Waals surface area contributed by atoms with Gasteiger partial charge in [0.2, 0.25) is 5.88 Å². The first kappa shape index (κ1) is 20.2. The number of nitrogens with two attached hydrogens (primary N) is 1. The topological polar surface area (TPSA) is 132 Å². The van der Waals surface area contributed by atoms with E-state index in [2.05, 4.69) is 0 Å². The average molecular weight is 398 g/mol. The number of nitro benzene ring substituents is 1. The number of nitrogens with zero attached hydrogens (tertiary/aromatic N) is 3. The maximum Gasteiger partial charge on any atom is 0.338 e. The standard InChI is InChI=1S/C20H22N4O5/c1-3-28-20(25)17-12(2)29-19(22)14(11-21)18(17)13-6-7-15(16(10-13)24(26)27)23-8-4-5-9-23/h6-7,10,18H,3-5,8-9,22H2,1-2H3. The summed E-state index contributed by atoms with van der Waals surface area (Å²) in [7, 11) is 0. The van der Waals surface area contributed by atoms with E-state index < -0.39 is 16.8 Å². The SMILES string of the molecule is CCOC(=O)C1=C(C)OC(N)=C(C#N)C1c1ccc(N2CCCC2)c([N+](=O)[O-])c1. The number of benzene rings is 1. The normalized spacial score (nSPS) is 19.1. The Bertz CT molecular complexity index is 954. The molecule has 2 N–H and O–H groups in total. The Morgan fingerprint density at radius 2 is 2.14 bits per heavy atom. The molecule has 0 saturated carbocycles. The summed E-state index contributed by atoms with van der Waals surface area (Å²) in [6, 6.07) is 6.73. The van der Waals surface area contributed by atoms with Gasteiger partial charge in [-0.2, -0.15) is 5.26 Å². The molecular formula is C20H22N4O5. The number of carbonyl (C=O) groups is 1. The van der Waals surface area contributed by atoms with Crippen molar-refractivity contribution in [2.24, 2.45) is 5.73 Å². The molecule has 3 rings (SSSR count). The van der Waals surface area contributed by atoms with E-state index >= 15 is 0 Å². The van der Waals surface area contributed by atoms with Gasteiger partial charge in [-0.1, -0.05) is 6.07 Å². The number of nitriles is 1. The second-order valence-corrected chi connectivity index (χ2v) is 6.81. The molecule has 0 radical (unpaired) electrons. The molecule has 0 aliphatic carbocycles. The highest BCUT2D eigenvalue weighted by molar-refractivity contribution is 5.92. The zero-order valence-corrected chi connectivity index (χ0v) is 16.3. The van der Waals surface area contributed by atoms with Crippen molar-refractivity contribution in [3.63, 3.8) is 0 Å². The van der Waals surface area contributed by atoms with Crippen LogP contribution in [0.2, 0.25) is 0 Å². The van der Waals surface area contributed by atoms with E-state index in [1.807, 2.05) is 11.0 Å². The molecule has 2 aliphatic rings. The van der Waals surface area contributed by atoms with Gasteiger partial charge >= 0.3 is 5.97 Å². The number of rotatable bonds is 5. The van der Waals surface area contributed by atoms with Gasteiger partial charge in [-0.15, -0.1) is 0 Å². The molecule has 0 amide bonds. The van der Waals surface area contributed by atoms with Crippen molar-refractivity contribution in [2.45, 2.75) is 32.6 Å². The minimum Gasteiger partial charge on any atom is -0.463 e. The summed E-state index contributed by atoms with van der Waals surface area (Å²) in [5.74, 6) is -1.48. The third-order valence-electron chi connectivity index (χ3n) is 5.08. The van der Waals surface area contributed by atoms with E-state index in [1.165, 1.54) is 6.07 Å². The molecule has 9 heteroatoms. The molecule has 0 bridgehead atoms. The van der Waals surface area contributed by atoms with Gasteiger partial charge < -0.3 is 20.1 Å². The Balaban J connectivity index is 2.15. The van der Waals surface area contributed by atoms with Gasteiger partial charge in [-0.3, -0.25) is 10.1 Å². The molecule has 2 aliphatic heterocycles. The van der Waals surface area contributed by atoms with Gasteiger partial charge in [-0.25, -0.2) is 4.79 Å². The van der Waals surface area contributed by atoms with Crippen LogP contribution >= 0.6 is 0 Å². The van der Waals surface area contributed by atoms with Crippen LogP contribution in [0.25, 0.3) is 0 Å². The molecule has 152 valence electrons. The van der Waals surface area contributed by atoms with Crippen LogP contribution in [-0.2, 0) is 14.3 Å². The van der Waals surface area contributed by atoms with Crippen molar-refractivity contribution in [3.05, 3.63) is 56.7 Å². The maximum atomic E-state index is 12.6. The molecule has 1 atom stereocenters. The maximum absolute atomic E-state index is 12.6. The summed E-state index contributed by atoms with van der Waals surface area (Å²) in [6.07, 6.45) is 1.96. The zero-order valence-electron chi connectivity index (χ0n) is 16.3. The molecule has 9 nitrogen and oxygen atoms in total. The van der Waals surface area contributed by atoms with Gasteiger partial charge in [0.25, 0.3) is 5.69 Å². The number of hydrogen-bond donors (Lipinski definition) is 1. The fourth-order valence-corrected chi connectivity index (χ4v) is 3.78. The lowest BCUT2D eigenvalue weighted by Crippen LogP contribution is -2.26. The van der Waals surface area contributed by atoms with Gasteiger partial charge in [0.15, 0.2) is 0 Å². The Labute approximate surface area is 168 Å². The number of ether oxygens (including phenoxy) is 2. The number of esters is 1. The Hall–Kier alpha value is -3.54. The fourth-order valence-electron chi connectivity index (χ4n) is 3.78. The quantitative estimate of drug-likeness (QED) is 0.455. The van der Waals surface area contributed by atoms with Gasteiger partial charge in [-0.05, 0) is 38.3 Å². The van der Waals surface area contributed by atoms with Crippen LogP contribution in [-0.4, -0.2) is 30.6 Å². The first-order valence-corrected chi connectivity index (χ1v) is 9.37. The minimum absolute atomic E-state index is 0.0156. The smallest absolute Gasteiger partial charge is 0.338 e. The van der Waals surface area contributed by atoms with Crippen molar-refractivity contribution in [1.82, 2.24) is 0 Å². The number of allylic oxidation sites excluding steroid dienone is 2. The molecule has 0 spiro atoms. The first-order valence-electron chi connectivity index (χ1n) is 9.37. The summed E-state index contributed by atoms with van der Waals surface area (Å²) in [5.41, 5.74) is 6.86. The highest BCUT2D eigenvalue weighted by Gasteiger charge is 2.37. The highest BCUT2D eigenvalue weighted by Crippen LogP contribution is 2.42. The molecule has 29 heavy (non-hydrogen) atoms. The van der Waals surface area contributed by atoms with Crippen LogP contribution in [0.3, 0.4) is 0 Å². The summed E-state index contributed by atoms with van der Waals surface area (Å²) in [4.78, 5) is 25.9. The molecule has 2 heterocycles. The molecule has 1 unspecified atom stereocenters. The average Bonchev–Trinajstić information content (AvgIpc) is 3.21. The molecule has 1 fully saturated rings. The van der Waals surface area contributed by atoms with E-state index in [-0.39, 0.29) is 35.1 Å². The number of anilines is 1. The highest BCUT2D eigenvalue weighted by atomic mass is 16.6. The molecule has 1 aromatic carbocycles. The van der Waals surface area contributed by atoms with Crippen LogP contribution in [0.1, 0.15) is 38.2 Å². The van der Waals surface area contributed by atoms with Crippen molar-refractivity contribution >= 4 is 17.3 Å². The van der Waals surface area contributed by atoms with E-state index in [1.54, 1.807) is 26.0 Å². The van der Waals surface area contributed by atoms with Gasteiger partial charge in [0.05, 0.1) is 23.0 Å². The molecular weight excluding hydrogens is 376 g/mol. The number of hydrogen-bond acceptors (Lipinski definition) is 8. The van der Waals surface area contributed by atoms with Crippen LogP contribution in [0, 0.1) is 21.4 Å². The molecule has 1 aromatic rings. The van der Waals surface area contributed by atoms with E-state index in [0.717, 1.165) is 25.9 Å².